The number of benzene rings is 1. The Kier molecular flexibility index (Phi) is 10.6. The second-order valence-electron chi connectivity index (χ2n) is 13.3. The van der Waals surface area contributed by atoms with E-state index in [9.17, 15) is 26.9 Å². The van der Waals surface area contributed by atoms with Crippen molar-refractivity contribution in [2.45, 2.75) is 71.4 Å². The highest BCUT2D eigenvalue weighted by Gasteiger charge is 2.30. The van der Waals surface area contributed by atoms with Crippen LogP contribution in [0.25, 0.3) is 21.1 Å². The first kappa shape index (κ1) is 36.3. The highest BCUT2D eigenvalue weighted by atomic mass is 32.2. The molecule has 2 fully saturated rings. The van der Waals surface area contributed by atoms with Gasteiger partial charge in [0.2, 0.25) is 16.0 Å². The zero-order chi connectivity index (χ0) is 35.8. The third-order valence-corrected chi connectivity index (χ3v) is 13.0. The van der Waals surface area contributed by atoms with Crippen LogP contribution in [0.2, 0.25) is 0 Å². The van der Waals surface area contributed by atoms with Crippen LogP contribution in [0.15, 0.2) is 24.3 Å². The normalized spacial score (nSPS) is 18.1. The predicted molar refractivity (Wildman–Crippen MR) is 192 cm³/mol. The van der Waals surface area contributed by atoms with Crippen molar-refractivity contribution < 1.29 is 21.6 Å². The minimum absolute atomic E-state index is 0.112. The van der Waals surface area contributed by atoms with Gasteiger partial charge >= 0.3 is 6.18 Å². The highest BCUT2D eigenvalue weighted by molar-refractivity contribution is 7.89. The van der Waals surface area contributed by atoms with Crippen molar-refractivity contribution in [3.63, 3.8) is 0 Å². The number of hydrogen-bond acceptors (Lipinski definition) is 10. The molecule has 2 N–H and O–H groups in total. The van der Waals surface area contributed by atoms with Crippen LogP contribution in [-0.2, 0) is 29.5 Å². The van der Waals surface area contributed by atoms with Crippen LogP contribution in [-0.4, -0.2) is 107 Å². The fourth-order valence-electron chi connectivity index (χ4n) is 7.11. The van der Waals surface area contributed by atoms with Crippen molar-refractivity contribution in [1.82, 2.24) is 28.6 Å². The average Bonchev–Trinajstić information content (AvgIpc) is 3.66. The van der Waals surface area contributed by atoms with Gasteiger partial charge in [0, 0.05) is 87.3 Å². The summed E-state index contributed by atoms with van der Waals surface area (Å²) in [5.41, 5.74) is 3.99. The van der Waals surface area contributed by atoms with E-state index in [4.69, 9.17) is 0 Å². The minimum Gasteiger partial charge on any atom is -0.367 e. The van der Waals surface area contributed by atoms with Gasteiger partial charge in [0.1, 0.15) is 22.4 Å². The maximum absolute atomic E-state index is 13.1. The van der Waals surface area contributed by atoms with Crippen LogP contribution in [0.3, 0.4) is 0 Å². The summed E-state index contributed by atoms with van der Waals surface area (Å²) < 4.78 is 67.5. The summed E-state index contributed by atoms with van der Waals surface area (Å²) in [6.07, 6.45) is -3.57. The molecule has 0 bridgehead atoms. The molecule has 2 aliphatic heterocycles. The molecule has 0 unspecified atom stereocenters. The van der Waals surface area contributed by atoms with Crippen molar-refractivity contribution in [3.8, 4) is 6.07 Å². The van der Waals surface area contributed by atoms with E-state index in [1.54, 1.807) is 24.3 Å². The van der Waals surface area contributed by atoms with E-state index in [2.05, 4.69) is 67.0 Å². The summed E-state index contributed by atoms with van der Waals surface area (Å²) in [4.78, 5) is 14.4. The standard InChI is InChI=1S/C34H44F3N9O2S2/c1-5-50(47,48)45-14-12-44(13-15-45)22(2)20-46-26(19-38)16-28-23(3)24(6-7-30(28)46)21-43-10-8-25(9-11-43)40-31-29-17-27(18-34(35,36)37)49-32(29)42-33(39-4)41-31/h6-7,16-17,22,25H,5,8-15,18,20-21H2,1-4H3,(H2,39,40,41,42)/t22-/m0/s1. The van der Waals surface area contributed by atoms with Gasteiger partial charge in [-0.1, -0.05) is 6.07 Å². The van der Waals surface area contributed by atoms with Gasteiger partial charge in [0.15, 0.2) is 0 Å². The second kappa shape index (κ2) is 14.6. The molecule has 0 radical (unpaired) electrons. The topological polar surface area (TPSA) is 122 Å². The smallest absolute Gasteiger partial charge is 0.367 e. The lowest BCUT2D eigenvalue weighted by Crippen LogP contribution is -2.52. The Bertz CT molecular complexity index is 1990. The Morgan fingerprint density at radius 1 is 1.08 bits per heavy atom. The molecule has 0 amide bonds. The summed E-state index contributed by atoms with van der Waals surface area (Å²) >= 11 is 1.05. The van der Waals surface area contributed by atoms with Gasteiger partial charge in [-0.2, -0.15) is 27.7 Å². The minimum atomic E-state index is -4.29. The van der Waals surface area contributed by atoms with Crippen molar-refractivity contribution in [3.05, 3.63) is 46.0 Å². The first-order valence-electron chi connectivity index (χ1n) is 17.1. The number of aromatic nitrogens is 3. The Morgan fingerprint density at radius 2 is 1.80 bits per heavy atom. The number of nitrogens with one attached hydrogen (secondary N) is 2. The highest BCUT2D eigenvalue weighted by Crippen LogP contribution is 2.35. The largest absolute Gasteiger partial charge is 0.393 e. The number of hydrogen-bond donors (Lipinski definition) is 2. The van der Waals surface area contributed by atoms with E-state index >= 15 is 0 Å². The molecule has 4 aromatic rings. The Balaban J connectivity index is 1.09. The van der Waals surface area contributed by atoms with Crippen LogP contribution in [0.5, 0.6) is 0 Å². The van der Waals surface area contributed by atoms with E-state index < -0.39 is 22.6 Å². The van der Waals surface area contributed by atoms with Crippen LogP contribution < -0.4 is 10.6 Å². The quantitative estimate of drug-likeness (QED) is 0.209. The first-order valence-corrected chi connectivity index (χ1v) is 19.5. The van der Waals surface area contributed by atoms with E-state index in [-0.39, 0.29) is 22.7 Å². The molecular weight excluding hydrogens is 688 g/mol. The van der Waals surface area contributed by atoms with E-state index in [1.807, 2.05) is 6.07 Å². The van der Waals surface area contributed by atoms with Gasteiger partial charge in [-0.15, -0.1) is 11.3 Å². The van der Waals surface area contributed by atoms with Gasteiger partial charge in [0.25, 0.3) is 0 Å². The number of likely N-dealkylation sites (tertiary alicyclic amines) is 1. The van der Waals surface area contributed by atoms with Crippen LogP contribution in [0, 0.1) is 18.3 Å². The van der Waals surface area contributed by atoms with Gasteiger partial charge in [-0.05, 0) is 62.9 Å². The predicted octanol–water partition coefficient (Wildman–Crippen LogP) is 5.40. The van der Waals surface area contributed by atoms with Crippen molar-refractivity contribution >= 4 is 54.2 Å². The van der Waals surface area contributed by atoms with Crippen molar-refractivity contribution in [2.75, 3.05) is 62.7 Å². The van der Waals surface area contributed by atoms with Crippen LogP contribution in [0.1, 0.15) is 48.4 Å². The second-order valence-corrected chi connectivity index (χ2v) is 16.7. The Labute approximate surface area is 295 Å². The number of sulfonamides is 1. The lowest BCUT2D eigenvalue weighted by atomic mass is 10.0. The summed E-state index contributed by atoms with van der Waals surface area (Å²) in [6, 6.07) is 10.4. The monoisotopic (exact) mass is 731 g/mol. The molecule has 6 rings (SSSR count). The molecule has 0 saturated carbocycles. The lowest BCUT2D eigenvalue weighted by molar-refractivity contribution is -0.126. The van der Waals surface area contributed by atoms with Gasteiger partial charge in [0.05, 0.1) is 17.6 Å². The lowest BCUT2D eigenvalue weighted by Gasteiger charge is -2.37. The van der Waals surface area contributed by atoms with E-state index in [0.29, 0.717) is 60.4 Å². The number of piperidine rings is 1. The molecule has 1 atom stereocenters. The van der Waals surface area contributed by atoms with Crippen molar-refractivity contribution in [1.29, 1.82) is 5.26 Å². The number of thiophene rings is 1. The molecule has 0 spiro atoms. The summed E-state index contributed by atoms with van der Waals surface area (Å²) in [7, 11) is -1.50. The molecule has 5 heterocycles. The molecule has 270 valence electrons. The zero-order valence-corrected chi connectivity index (χ0v) is 30.5. The van der Waals surface area contributed by atoms with Gasteiger partial charge in [-0.25, -0.2) is 13.4 Å². The third-order valence-electron chi connectivity index (χ3n) is 10.0. The summed E-state index contributed by atoms with van der Waals surface area (Å²) in [5.74, 6) is 1.04. The number of fused-ring (bicyclic) bond motifs is 2. The molecule has 0 aliphatic carbocycles. The first-order chi connectivity index (χ1) is 23.8. The van der Waals surface area contributed by atoms with E-state index in [1.165, 1.54) is 5.56 Å². The zero-order valence-electron chi connectivity index (χ0n) is 28.8. The molecule has 50 heavy (non-hydrogen) atoms. The SMILES string of the molecule is CCS(=O)(=O)N1CCN([C@@H](C)Cn2c(C#N)cc3c(C)c(CN4CCC(Nc5nc(NC)nc6sc(CC(F)(F)F)cc56)CC4)ccc32)CC1. The molecule has 11 nitrogen and oxygen atoms in total. The number of alkyl halides is 3. The number of aryl methyl sites for hydroxylation is 1. The van der Waals surface area contributed by atoms with Gasteiger partial charge in [-0.3, -0.25) is 9.80 Å². The fourth-order valence-corrected chi connectivity index (χ4v) is 9.26. The molecule has 3 aromatic heterocycles. The maximum Gasteiger partial charge on any atom is 0.393 e. The molecule has 1 aromatic carbocycles. The molecule has 2 saturated heterocycles. The fraction of sp³-hybridized carbons (Fsp3) is 0.559. The molecular formula is C34H44F3N9O2S2. The number of nitrogens with zero attached hydrogens (tertiary/aromatic N) is 7. The number of rotatable bonds is 11. The Morgan fingerprint density at radius 3 is 2.44 bits per heavy atom. The summed E-state index contributed by atoms with van der Waals surface area (Å²) in [5, 5.41) is 18.2. The number of anilines is 2. The number of halogens is 3. The summed E-state index contributed by atoms with van der Waals surface area (Å²) in [6.45, 7) is 11.3. The third kappa shape index (κ3) is 7.86. The van der Waals surface area contributed by atoms with Crippen LogP contribution >= 0.6 is 11.3 Å². The van der Waals surface area contributed by atoms with E-state index in [0.717, 1.165) is 60.3 Å². The average molecular weight is 732 g/mol. The van der Waals surface area contributed by atoms with Crippen molar-refractivity contribution in [2.24, 2.45) is 0 Å². The molecule has 2 aliphatic rings. The number of piperazine rings is 1. The van der Waals surface area contributed by atoms with Gasteiger partial charge < -0.3 is 15.2 Å². The number of nitriles is 1. The molecule has 16 heteroatoms. The Hall–Kier alpha value is -3.49. The van der Waals surface area contributed by atoms with Crippen LogP contribution in [0.4, 0.5) is 24.9 Å². The maximum atomic E-state index is 13.1.